The highest BCUT2D eigenvalue weighted by molar-refractivity contribution is 5.96. The Hall–Kier alpha value is -2.50. The number of methoxy groups -OCH3 is 1. The molecule has 98 valence electrons. The molecule has 0 saturated carbocycles. The minimum atomic E-state index is -0.575. The van der Waals surface area contributed by atoms with Crippen LogP contribution in [0.1, 0.15) is 26.4 Å². The number of ketones is 1. The van der Waals surface area contributed by atoms with Gasteiger partial charge in [0.1, 0.15) is 6.54 Å². The third kappa shape index (κ3) is 3.04. The third-order valence-electron chi connectivity index (χ3n) is 2.61. The molecular weight excluding hydrogens is 246 g/mol. The lowest BCUT2D eigenvalue weighted by Gasteiger charge is -2.01. The van der Waals surface area contributed by atoms with Gasteiger partial charge in [0.15, 0.2) is 11.5 Å². The van der Waals surface area contributed by atoms with Gasteiger partial charge in [-0.05, 0) is 6.92 Å². The molecular formula is C13H13N3O3. The lowest BCUT2D eigenvalue weighted by molar-refractivity contribution is 0.0593. The first-order chi connectivity index (χ1) is 9.10. The van der Waals surface area contributed by atoms with E-state index in [0.29, 0.717) is 5.56 Å². The van der Waals surface area contributed by atoms with E-state index in [1.807, 2.05) is 19.1 Å². The number of ether oxygens (including phenoxy) is 1. The van der Waals surface area contributed by atoms with Crippen molar-refractivity contribution in [1.29, 1.82) is 0 Å². The van der Waals surface area contributed by atoms with E-state index in [9.17, 15) is 9.59 Å². The van der Waals surface area contributed by atoms with E-state index < -0.39 is 5.97 Å². The summed E-state index contributed by atoms with van der Waals surface area (Å²) in [6.45, 7) is 1.99. The summed E-state index contributed by atoms with van der Waals surface area (Å²) in [4.78, 5) is 23.2. The van der Waals surface area contributed by atoms with Gasteiger partial charge in [-0.15, -0.1) is 5.10 Å². The summed E-state index contributed by atoms with van der Waals surface area (Å²) in [6.07, 6.45) is 1.39. The average molecular weight is 259 g/mol. The van der Waals surface area contributed by atoms with Crippen molar-refractivity contribution in [3.05, 3.63) is 47.3 Å². The van der Waals surface area contributed by atoms with Gasteiger partial charge < -0.3 is 4.74 Å². The van der Waals surface area contributed by atoms with Gasteiger partial charge >= 0.3 is 5.97 Å². The van der Waals surface area contributed by atoms with Crippen LogP contribution in [0.2, 0.25) is 0 Å². The second-order valence-corrected chi connectivity index (χ2v) is 4.08. The molecule has 6 nitrogen and oxygen atoms in total. The van der Waals surface area contributed by atoms with E-state index in [1.54, 1.807) is 12.1 Å². The molecule has 0 unspecified atom stereocenters. The Morgan fingerprint density at radius 2 is 1.95 bits per heavy atom. The van der Waals surface area contributed by atoms with Crippen LogP contribution in [0.3, 0.4) is 0 Å². The first-order valence-electron chi connectivity index (χ1n) is 5.68. The molecule has 1 heterocycles. The molecule has 0 aliphatic rings. The number of hydrogen-bond acceptors (Lipinski definition) is 5. The van der Waals surface area contributed by atoms with Crippen LogP contribution in [-0.2, 0) is 11.3 Å². The molecule has 0 amide bonds. The molecule has 0 bridgehead atoms. The zero-order valence-electron chi connectivity index (χ0n) is 10.7. The van der Waals surface area contributed by atoms with Gasteiger partial charge in [0, 0.05) is 5.56 Å². The lowest BCUT2D eigenvalue weighted by atomic mass is 10.1. The number of rotatable bonds is 4. The van der Waals surface area contributed by atoms with Crippen molar-refractivity contribution in [2.75, 3.05) is 7.11 Å². The maximum absolute atomic E-state index is 12.0. The summed E-state index contributed by atoms with van der Waals surface area (Å²) < 4.78 is 5.83. The fraction of sp³-hybridized carbons (Fsp3) is 0.231. The molecule has 19 heavy (non-hydrogen) atoms. The molecule has 0 radical (unpaired) electrons. The molecule has 0 aliphatic carbocycles. The van der Waals surface area contributed by atoms with Crippen LogP contribution in [-0.4, -0.2) is 33.9 Å². The monoisotopic (exact) mass is 259 g/mol. The predicted octanol–water partition coefficient (Wildman–Crippen LogP) is 1.26. The molecule has 2 aromatic rings. The summed E-state index contributed by atoms with van der Waals surface area (Å²) in [7, 11) is 1.26. The normalized spacial score (nSPS) is 10.2. The summed E-state index contributed by atoms with van der Waals surface area (Å²) in [5, 5.41) is 7.35. The average Bonchev–Trinajstić information content (AvgIpc) is 2.87. The van der Waals surface area contributed by atoms with Gasteiger partial charge in [-0.25, -0.2) is 9.48 Å². The molecule has 0 atom stereocenters. The molecule has 6 heteroatoms. The van der Waals surface area contributed by atoms with Gasteiger partial charge in [-0.1, -0.05) is 35.0 Å². The Labute approximate surface area is 110 Å². The molecule has 1 aromatic heterocycles. The van der Waals surface area contributed by atoms with Crippen molar-refractivity contribution >= 4 is 11.8 Å². The lowest BCUT2D eigenvalue weighted by Crippen LogP contribution is -2.11. The van der Waals surface area contributed by atoms with Gasteiger partial charge in [0.05, 0.1) is 13.3 Å². The molecule has 0 fully saturated rings. The number of carbonyl (C=O) groups excluding carboxylic acids is 2. The number of carbonyl (C=O) groups is 2. The van der Waals surface area contributed by atoms with Crippen molar-refractivity contribution in [2.24, 2.45) is 0 Å². The molecule has 0 saturated heterocycles. The highest BCUT2D eigenvalue weighted by atomic mass is 16.5. The van der Waals surface area contributed by atoms with Crippen LogP contribution in [0.25, 0.3) is 0 Å². The maximum Gasteiger partial charge on any atom is 0.360 e. The highest BCUT2D eigenvalue weighted by Gasteiger charge is 2.13. The van der Waals surface area contributed by atoms with Gasteiger partial charge in [-0.3, -0.25) is 4.79 Å². The Morgan fingerprint density at radius 1 is 1.26 bits per heavy atom. The Balaban J connectivity index is 2.08. The van der Waals surface area contributed by atoms with Crippen LogP contribution in [0.4, 0.5) is 0 Å². The first kappa shape index (κ1) is 12.9. The minimum Gasteiger partial charge on any atom is -0.464 e. The van der Waals surface area contributed by atoms with E-state index in [-0.39, 0.29) is 18.0 Å². The second-order valence-electron chi connectivity index (χ2n) is 4.08. The van der Waals surface area contributed by atoms with Crippen LogP contribution in [0.15, 0.2) is 30.5 Å². The highest BCUT2D eigenvalue weighted by Crippen LogP contribution is 2.05. The van der Waals surface area contributed by atoms with Gasteiger partial charge in [-0.2, -0.15) is 0 Å². The van der Waals surface area contributed by atoms with Crippen molar-refractivity contribution in [1.82, 2.24) is 15.0 Å². The SMILES string of the molecule is COC(=O)c1cn(CC(=O)c2ccc(C)cc2)nn1. The largest absolute Gasteiger partial charge is 0.464 e. The van der Waals surface area contributed by atoms with Crippen LogP contribution in [0.5, 0.6) is 0 Å². The Bertz CT molecular complexity index is 602. The summed E-state index contributed by atoms with van der Waals surface area (Å²) >= 11 is 0. The number of esters is 1. The number of aryl methyl sites for hydroxylation is 1. The zero-order chi connectivity index (χ0) is 13.8. The number of nitrogens with zero attached hydrogens (tertiary/aromatic N) is 3. The van der Waals surface area contributed by atoms with E-state index in [2.05, 4.69) is 15.0 Å². The van der Waals surface area contributed by atoms with Crippen molar-refractivity contribution in [2.45, 2.75) is 13.5 Å². The smallest absolute Gasteiger partial charge is 0.360 e. The zero-order valence-corrected chi connectivity index (χ0v) is 10.7. The fourth-order valence-corrected chi connectivity index (χ4v) is 1.55. The quantitative estimate of drug-likeness (QED) is 0.610. The summed E-state index contributed by atoms with van der Waals surface area (Å²) in [5.74, 6) is -0.671. The number of aromatic nitrogens is 3. The third-order valence-corrected chi connectivity index (χ3v) is 2.61. The van der Waals surface area contributed by atoms with Crippen molar-refractivity contribution in [3.8, 4) is 0 Å². The maximum atomic E-state index is 12.0. The molecule has 0 aliphatic heterocycles. The second kappa shape index (κ2) is 5.43. The summed E-state index contributed by atoms with van der Waals surface area (Å²) in [5.41, 5.74) is 1.77. The number of hydrogen-bond donors (Lipinski definition) is 0. The van der Waals surface area contributed by atoms with Crippen molar-refractivity contribution in [3.63, 3.8) is 0 Å². The van der Waals surface area contributed by atoms with Crippen molar-refractivity contribution < 1.29 is 14.3 Å². The first-order valence-corrected chi connectivity index (χ1v) is 5.68. The van der Waals surface area contributed by atoms with Crippen LogP contribution in [0, 0.1) is 6.92 Å². The minimum absolute atomic E-state index is 0.0348. The standard InChI is InChI=1S/C13H13N3O3/c1-9-3-5-10(6-4-9)12(17)8-16-7-11(14-15-16)13(18)19-2/h3-7H,8H2,1-2H3. The van der Waals surface area contributed by atoms with Gasteiger partial charge in [0.2, 0.25) is 0 Å². The number of Topliss-reactive ketones (excluding diaryl/α,β-unsaturated/α-hetero) is 1. The van der Waals surface area contributed by atoms with E-state index in [1.165, 1.54) is 18.0 Å². The number of benzene rings is 1. The Morgan fingerprint density at radius 3 is 2.58 bits per heavy atom. The molecule has 2 rings (SSSR count). The van der Waals surface area contributed by atoms with Crippen LogP contribution < -0.4 is 0 Å². The molecule has 0 N–H and O–H groups in total. The van der Waals surface area contributed by atoms with Crippen LogP contribution >= 0.6 is 0 Å². The topological polar surface area (TPSA) is 74.1 Å². The predicted molar refractivity (Wildman–Crippen MR) is 66.9 cm³/mol. The van der Waals surface area contributed by atoms with E-state index in [4.69, 9.17) is 0 Å². The Kier molecular flexibility index (Phi) is 3.70. The summed E-state index contributed by atoms with van der Waals surface area (Å²) in [6, 6.07) is 7.26. The molecule has 1 aromatic carbocycles. The van der Waals surface area contributed by atoms with E-state index >= 15 is 0 Å². The molecule has 0 spiro atoms. The van der Waals surface area contributed by atoms with E-state index in [0.717, 1.165) is 5.56 Å². The van der Waals surface area contributed by atoms with Gasteiger partial charge in [0.25, 0.3) is 0 Å². The fourth-order valence-electron chi connectivity index (χ4n) is 1.55.